The first kappa shape index (κ1) is 17.9. The monoisotopic (exact) mass is 373 g/mol. The minimum absolute atomic E-state index is 0.517. The summed E-state index contributed by atoms with van der Waals surface area (Å²) in [6.45, 7) is 1.79. The predicted octanol–water partition coefficient (Wildman–Crippen LogP) is 3.01. The maximum absolute atomic E-state index is 5.57. The van der Waals surface area contributed by atoms with Crippen molar-refractivity contribution < 1.29 is 0 Å². The van der Waals surface area contributed by atoms with Crippen molar-refractivity contribution in [1.29, 1.82) is 0 Å². The zero-order chi connectivity index (χ0) is 19.3. The van der Waals surface area contributed by atoms with Gasteiger partial charge in [-0.25, -0.2) is 0 Å². The summed E-state index contributed by atoms with van der Waals surface area (Å²) < 4.78 is 1.74. The van der Waals surface area contributed by atoms with E-state index in [1.807, 2.05) is 13.1 Å². The fraction of sp³-hybridized carbons (Fsp3) is 0.190. The van der Waals surface area contributed by atoms with Crippen molar-refractivity contribution in [2.45, 2.75) is 6.54 Å². The summed E-state index contributed by atoms with van der Waals surface area (Å²) in [6, 6.07) is 18.9. The molecular weight excluding hydrogens is 350 g/mol. The van der Waals surface area contributed by atoms with Crippen molar-refractivity contribution in [3.05, 3.63) is 66.4 Å². The van der Waals surface area contributed by atoms with Crippen LogP contribution >= 0.6 is 0 Å². The molecule has 2 heterocycles. The smallest absolute Gasteiger partial charge is 0.226 e. The Balaban J connectivity index is 1.53. The van der Waals surface area contributed by atoms with Gasteiger partial charge in [0.1, 0.15) is 5.82 Å². The van der Waals surface area contributed by atoms with Crippen molar-refractivity contribution in [3.63, 3.8) is 0 Å². The molecule has 0 spiro atoms. The number of nitrogens with two attached hydrogens (primary N) is 1. The Hall–Kier alpha value is -3.45. The van der Waals surface area contributed by atoms with E-state index in [9.17, 15) is 0 Å². The lowest BCUT2D eigenvalue weighted by Crippen LogP contribution is -2.15. The molecule has 0 bridgehead atoms. The summed E-state index contributed by atoms with van der Waals surface area (Å²) >= 11 is 0. The second-order valence-corrected chi connectivity index (χ2v) is 6.53. The summed E-state index contributed by atoms with van der Waals surface area (Å²) in [5, 5.41) is 11.7. The van der Waals surface area contributed by atoms with E-state index in [0.29, 0.717) is 25.6 Å². The second-order valence-electron chi connectivity index (χ2n) is 6.53. The third-order valence-corrected chi connectivity index (χ3v) is 4.54. The highest BCUT2D eigenvalue weighted by atomic mass is 15.3. The standard InChI is InChI=1S/C21H23N7/c1-28-20-18(14-25-28)19(26-21(27-20)23-12-11-22)24-13-15-7-9-17(10-8-15)16-5-3-2-4-6-16/h2-10,14H,11-13,22H2,1H3,(H2,23,24,26,27). The number of fused-ring (bicyclic) bond motifs is 1. The number of hydrogen-bond acceptors (Lipinski definition) is 6. The number of aromatic nitrogens is 4. The topological polar surface area (TPSA) is 93.7 Å². The Bertz CT molecular complexity index is 1060. The van der Waals surface area contributed by atoms with E-state index < -0.39 is 0 Å². The zero-order valence-corrected chi connectivity index (χ0v) is 15.8. The third-order valence-electron chi connectivity index (χ3n) is 4.54. The molecule has 0 radical (unpaired) electrons. The Morgan fingerprint density at radius 1 is 0.929 bits per heavy atom. The van der Waals surface area contributed by atoms with Crippen LogP contribution in [0, 0.1) is 0 Å². The molecule has 7 nitrogen and oxygen atoms in total. The average Bonchev–Trinajstić information content (AvgIpc) is 3.12. The minimum Gasteiger partial charge on any atom is -0.365 e. The van der Waals surface area contributed by atoms with Crippen LogP contribution in [0.3, 0.4) is 0 Å². The first-order valence-electron chi connectivity index (χ1n) is 9.26. The van der Waals surface area contributed by atoms with Gasteiger partial charge in [0, 0.05) is 26.7 Å². The molecule has 0 aliphatic carbocycles. The number of rotatable bonds is 7. The number of nitrogens with zero attached hydrogens (tertiary/aromatic N) is 4. The van der Waals surface area contributed by atoms with Crippen LogP contribution in [0.25, 0.3) is 22.2 Å². The summed E-state index contributed by atoms with van der Waals surface area (Å²) in [4.78, 5) is 9.11. The molecule has 28 heavy (non-hydrogen) atoms. The maximum Gasteiger partial charge on any atom is 0.226 e. The molecule has 142 valence electrons. The van der Waals surface area contributed by atoms with E-state index in [-0.39, 0.29) is 0 Å². The van der Waals surface area contributed by atoms with E-state index >= 15 is 0 Å². The molecule has 0 atom stereocenters. The van der Waals surface area contributed by atoms with Gasteiger partial charge in [-0.1, -0.05) is 54.6 Å². The SMILES string of the molecule is Cn1ncc2c(NCc3ccc(-c4ccccc4)cc3)nc(NCCN)nc21. The quantitative estimate of drug-likeness (QED) is 0.461. The van der Waals surface area contributed by atoms with Crippen LogP contribution in [0.2, 0.25) is 0 Å². The van der Waals surface area contributed by atoms with E-state index in [4.69, 9.17) is 5.73 Å². The molecule has 0 aliphatic heterocycles. The van der Waals surface area contributed by atoms with Gasteiger partial charge in [0.05, 0.1) is 11.6 Å². The van der Waals surface area contributed by atoms with Crippen LogP contribution in [0.4, 0.5) is 11.8 Å². The summed E-state index contributed by atoms with van der Waals surface area (Å²) in [5.41, 5.74) is 9.94. The molecular formula is C21H23N7. The average molecular weight is 373 g/mol. The van der Waals surface area contributed by atoms with E-state index in [0.717, 1.165) is 16.9 Å². The maximum atomic E-state index is 5.57. The molecule has 0 fully saturated rings. The molecule has 4 N–H and O–H groups in total. The van der Waals surface area contributed by atoms with Gasteiger partial charge in [-0.2, -0.15) is 15.1 Å². The molecule has 0 unspecified atom stereocenters. The van der Waals surface area contributed by atoms with Crippen molar-refractivity contribution >= 4 is 22.8 Å². The normalized spacial score (nSPS) is 10.9. The van der Waals surface area contributed by atoms with Crippen LogP contribution in [0.1, 0.15) is 5.56 Å². The van der Waals surface area contributed by atoms with Crippen LogP contribution < -0.4 is 16.4 Å². The van der Waals surface area contributed by atoms with Gasteiger partial charge in [-0.3, -0.25) is 4.68 Å². The Morgan fingerprint density at radius 2 is 1.68 bits per heavy atom. The van der Waals surface area contributed by atoms with Crippen molar-refractivity contribution in [2.24, 2.45) is 12.8 Å². The molecule has 0 saturated heterocycles. The summed E-state index contributed by atoms with van der Waals surface area (Å²) in [6.07, 6.45) is 1.78. The second kappa shape index (κ2) is 8.06. The molecule has 2 aromatic carbocycles. The lowest BCUT2D eigenvalue weighted by atomic mass is 10.0. The molecule has 0 amide bonds. The van der Waals surface area contributed by atoms with Crippen molar-refractivity contribution in [1.82, 2.24) is 19.7 Å². The van der Waals surface area contributed by atoms with Gasteiger partial charge in [0.15, 0.2) is 5.65 Å². The van der Waals surface area contributed by atoms with Gasteiger partial charge in [0.2, 0.25) is 5.95 Å². The number of nitrogens with one attached hydrogen (secondary N) is 2. The minimum atomic E-state index is 0.517. The lowest BCUT2D eigenvalue weighted by molar-refractivity contribution is 0.785. The number of benzene rings is 2. The molecule has 7 heteroatoms. The van der Waals surface area contributed by atoms with Crippen LogP contribution in [-0.4, -0.2) is 32.8 Å². The van der Waals surface area contributed by atoms with Crippen LogP contribution in [0.15, 0.2) is 60.8 Å². The Kier molecular flexibility index (Phi) is 5.16. The molecule has 4 aromatic rings. The predicted molar refractivity (Wildman–Crippen MR) is 113 cm³/mol. The van der Waals surface area contributed by atoms with Gasteiger partial charge >= 0.3 is 0 Å². The number of hydrogen-bond donors (Lipinski definition) is 3. The fourth-order valence-corrected chi connectivity index (χ4v) is 3.05. The van der Waals surface area contributed by atoms with Gasteiger partial charge in [-0.15, -0.1) is 0 Å². The number of aryl methyl sites for hydroxylation is 1. The van der Waals surface area contributed by atoms with Crippen molar-refractivity contribution in [3.8, 4) is 11.1 Å². The largest absolute Gasteiger partial charge is 0.365 e. The Labute approximate surface area is 163 Å². The van der Waals surface area contributed by atoms with E-state index in [1.165, 1.54) is 16.7 Å². The molecule has 0 saturated carbocycles. The van der Waals surface area contributed by atoms with Crippen LogP contribution in [-0.2, 0) is 13.6 Å². The number of anilines is 2. The molecule has 0 aliphatic rings. The van der Waals surface area contributed by atoms with Crippen molar-refractivity contribution in [2.75, 3.05) is 23.7 Å². The zero-order valence-electron chi connectivity index (χ0n) is 15.8. The first-order chi connectivity index (χ1) is 13.7. The highest BCUT2D eigenvalue weighted by Gasteiger charge is 2.11. The fourth-order valence-electron chi connectivity index (χ4n) is 3.05. The lowest BCUT2D eigenvalue weighted by Gasteiger charge is -2.10. The summed E-state index contributed by atoms with van der Waals surface area (Å²) in [7, 11) is 1.87. The van der Waals surface area contributed by atoms with Gasteiger partial charge < -0.3 is 16.4 Å². The first-order valence-corrected chi connectivity index (χ1v) is 9.26. The van der Waals surface area contributed by atoms with Gasteiger partial charge in [0.25, 0.3) is 0 Å². The molecule has 2 aromatic heterocycles. The van der Waals surface area contributed by atoms with Gasteiger partial charge in [-0.05, 0) is 16.7 Å². The third kappa shape index (κ3) is 3.79. The Morgan fingerprint density at radius 3 is 2.43 bits per heavy atom. The molecule has 4 rings (SSSR count). The van der Waals surface area contributed by atoms with Crippen LogP contribution in [0.5, 0.6) is 0 Å². The highest BCUT2D eigenvalue weighted by Crippen LogP contribution is 2.23. The highest BCUT2D eigenvalue weighted by molar-refractivity contribution is 5.87. The van der Waals surface area contributed by atoms with E-state index in [1.54, 1.807) is 10.9 Å². The summed E-state index contributed by atoms with van der Waals surface area (Å²) in [5.74, 6) is 1.30. The van der Waals surface area contributed by atoms with E-state index in [2.05, 4.69) is 74.2 Å².